The predicted octanol–water partition coefficient (Wildman–Crippen LogP) is 2.08. The van der Waals surface area contributed by atoms with Gasteiger partial charge in [0.25, 0.3) is 0 Å². The molecule has 4 heteroatoms. The number of alkyl halides is 3. The van der Waals surface area contributed by atoms with Crippen LogP contribution in [0.3, 0.4) is 0 Å². The standard InChI is InChI=1S/C8H12F3N/c9-8(10,11)6-3-1-5-2-4-7(6)12-5/h5-7,12H,1-4H2/t5-,6+,7+/m1/s1. The van der Waals surface area contributed by atoms with Crippen molar-refractivity contribution >= 4 is 0 Å². The molecule has 1 N–H and O–H groups in total. The maximum Gasteiger partial charge on any atom is 0.393 e. The minimum atomic E-state index is -3.99. The normalized spacial score (nSPS) is 41.8. The van der Waals surface area contributed by atoms with Gasteiger partial charge in [0.1, 0.15) is 0 Å². The molecule has 3 atom stereocenters. The van der Waals surface area contributed by atoms with Crippen LogP contribution in [0.25, 0.3) is 0 Å². The van der Waals surface area contributed by atoms with Gasteiger partial charge in [-0.1, -0.05) is 0 Å². The number of piperidine rings is 1. The van der Waals surface area contributed by atoms with Crippen molar-refractivity contribution in [2.75, 3.05) is 0 Å². The molecule has 0 aliphatic carbocycles. The molecule has 2 heterocycles. The first-order valence-corrected chi connectivity index (χ1v) is 4.40. The van der Waals surface area contributed by atoms with E-state index in [0.717, 1.165) is 6.42 Å². The highest BCUT2D eigenvalue weighted by molar-refractivity contribution is 4.95. The van der Waals surface area contributed by atoms with Crippen molar-refractivity contribution in [3.05, 3.63) is 0 Å². The van der Waals surface area contributed by atoms with E-state index >= 15 is 0 Å². The van der Waals surface area contributed by atoms with Gasteiger partial charge < -0.3 is 5.32 Å². The summed E-state index contributed by atoms with van der Waals surface area (Å²) in [5.74, 6) is -1.09. The molecule has 0 aromatic heterocycles. The first-order valence-electron chi connectivity index (χ1n) is 4.40. The summed E-state index contributed by atoms with van der Waals surface area (Å²) < 4.78 is 37.1. The highest BCUT2D eigenvalue weighted by Gasteiger charge is 2.49. The molecular formula is C8H12F3N. The maximum absolute atomic E-state index is 12.4. The van der Waals surface area contributed by atoms with E-state index in [1.165, 1.54) is 0 Å². The van der Waals surface area contributed by atoms with E-state index in [0.29, 0.717) is 25.3 Å². The van der Waals surface area contributed by atoms with E-state index in [1.807, 2.05) is 0 Å². The summed E-state index contributed by atoms with van der Waals surface area (Å²) in [6.07, 6.45) is -1.34. The summed E-state index contributed by atoms with van der Waals surface area (Å²) in [4.78, 5) is 0. The fourth-order valence-electron chi connectivity index (χ4n) is 2.37. The van der Waals surface area contributed by atoms with Crippen molar-refractivity contribution in [3.8, 4) is 0 Å². The van der Waals surface area contributed by atoms with Crippen LogP contribution in [0.2, 0.25) is 0 Å². The van der Waals surface area contributed by atoms with Gasteiger partial charge in [0.05, 0.1) is 5.92 Å². The highest BCUT2D eigenvalue weighted by atomic mass is 19.4. The van der Waals surface area contributed by atoms with Gasteiger partial charge in [-0.05, 0) is 25.7 Å². The van der Waals surface area contributed by atoms with Gasteiger partial charge in [0.2, 0.25) is 0 Å². The SMILES string of the molecule is FC(F)(F)[C@H]1CC[C@@H]2CC[C@@H]1N2. The Hall–Kier alpha value is -0.250. The van der Waals surface area contributed by atoms with E-state index in [2.05, 4.69) is 5.32 Å². The molecule has 2 saturated heterocycles. The van der Waals surface area contributed by atoms with Gasteiger partial charge in [0, 0.05) is 12.1 Å². The summed E-state index contributed by atoms with van der Waals surface area (Å²) >= 11 is 0. The van der Waals surface area contributed by atoms with E-state index in [9.17, 15) is 13.2 Å². The summed E-state index contributed by atoms with van der Waals surface area (Å²) in [7, 11) is 0. The number of nitrogens with one attached hydrogen (secondary N) is 1. The fraction of sp³-hybridized carbons (Fsp3) is 1.00. The summed E-state index contributed by atoms with van der Waals surface area (Å²) in [6, 6.07) is 0.0809. The molecule has 0 aromatic carbocycles. The molecule has 0 aromatic rings. The van der Waals surface area contributed by atoms with Gasteiger partial charge in [0.15, 0.2) is 0 Å². The molecule has 0 spiro atoms. The Bertz CT molecular complexity index is 178. The van der Waals surface area contributed by atoms with Crippen LogP contribution in [0.1, 0.15) is 25.7 Å². The third-order valence-corrected chi connectivity index (χ3v) is 3.01. The molecule has 0 saturated carbocycles. The van der Waals surface area contributed by atoms with Crippen LogP contribution in [0.5, 0.6) is 0 Å². The zero-order valence-corrected chi connectivity index (χ0v) is 6.69. The molecule has 70 valence electrons. The Balaban J connectivity index is 2.07. The second-order valence-electron chi connectivity index (χ2n) is 3.77. The Kier molecular flexibility index (Phi) is 1.82. The van der Waals surface area contributed by atoms with Gasteiger partial charge in [-0.15, -0.1) is 0 Å². The molecule has 2 aliphatic rings. The summed E-state index contributed by atoms with van der Waals surface area (Å²) in [5.41, 5.74) is 0. The number of fused-ring (bicyclic) bond motifs is 2. The van der Waals surface area contributed by atoms with Gasteiger partial charge in [-0.3, -0.25) is 0 Å². The lowest BCUT2D eigenvalue weighted by Crippen LogP contribution is -2.46. The van der Waals surface area contributed by atoms with Gasteiger partial charge >= 0.3 is 6.18 Å². The van der Waals surface area contributed by atoms with E-state index in [4.69, 9.17) is 0 Å². The van der Waals surface area contributed by atoms with Crippen molar-refractivity contribution in [1.82, 2.24) is 5.32 Å². The van der Waals surface area contributed by atoms with Gasteiger partial charge in [-0.25, -0.2) is 0 Å². The zero-order chi connectivity index (χ0) is 8.77. The van der Waals surface area contributed by atoms with Crippen LogP contribution in [0.4, 0.5) is 13.2 Å². The molecule has 1 nitrogen and oxygen atoms in total. The van der Waals surface area contributed by atoms with Crippen molar-refractivity contribution < 1.29 is 13.2 Å². The van der Waals surface area contributed by atoms with E-state index in [1.54, 1.807) is 0 Å². The van der Waals surface area contributed by atoms with Crippen molar-refractivity contribution in [2.24, 2.45) is 5.92 Å². The molecule has 2 rings (SSSR count). The Labute approximate surface area is 69.3 Å². The van der Waals surface area contributed by atoms with E-state index in [-0.39, 0.29) is 6.04 Å². The average Bonchev–Trinajstić information content (AvgIpc) is 2.30. The minimum Gasteiger partial charge on any atom is -0.311 e. The Morgan fingerprint density at radius 2 is 1.67 bits per heavy atom. The number of hydrogen-bond acceptors (Lipinski definition) is 1. The predicted molar refractivity (Wildman–Crippen MR) is 38.7 cm³/mol. The van der Waals surface area contributed by atoms with Crippen LogP contribution in [0.15, 0.2) is 0 Å². The fourth-order valence-corrected chi connectivity index (χ4v) is 2.37. The smallest absolute Gasteiger partial charge is 0.311 e. The number of hydrogen-bond donors (Lipinski definition) is 1. The van der Waals surface area contributed by atoms with Crippen molar-refractivity contribution in [1.29, 1.82) is 0 Å². The molecule has 12 heavy (non-hydrogen) atoms. The van der Waals surface area contributed by atoms with E-state index < -0.39 is 12.1 Å². The van der Waals surface area contributed by atoms with Crippen LogP contribution in [-0.4, -0.2) is 18.3 Å². The van der Waals surface area contributed by atoms with Crippen molar-refractivity contribution in [2.45, 2.75) is 43.9 Å². The molecule has 0 amide bonds. The molecule has 2 fully saturated rings. The lowest BCUT2D eigenvalue weighted by atomic mass is 9.92. The topological polar surface area (TPSA) is 12.0 Å². The summed E-state index contributed by atoms with van der Waals surface area (Å²) in [5, 5.41) is 3.03. The highest BCUT2D eigenvalue weighted by Crippen LogP contribution is 2.40. The number of rotatable bonds is 0. The van der Waals surface area contributed by atoms with Crippen LogP contribution >= 0.6 is 0 Å². The van der Waals surface area contributed by atoms with Crippen molar-refractivity contribution in [3.63, 3.8) is 0 Å². The lowest BCUT2D eigenvalue weighted by molar-refractivity contribution is -0.186. The Morgan fingerprint density at radius 1 is 1.00 bits per heavy atom. The quantitative estimate of drug-likeness (QED) is 0.600. The van der Waals surface area contributed by atoms with Crippen LogP contribution in [-0.2, 0) is 0 Å². The second-order valence-corrected chi connectivity index (χ2v) is 3.77. The molecule has 2 aliphatic heterocycles. The monoisotopic (exact) mass is 179 g/mol. The average molecular weight is 179 g/mol. The summed E-state index contributed by atoms with van der Waals surface area (Å²) in [6.45, 7) is 0. The first kappa shape index (κ1) is 8.35. The van der Waals surface area contributed by atoms with Gasteiger partial charge in [-0.2, -0.15) is 13.2 Å². The molecule has 0 unspecified atom stereocenters. The molecule has 0 radical (unpaired) electrons. The Morgan fingerprint density at radius 3 is 2.33 bits per heavy atom. The zero-order valence-electron chi connectivity index (χ0n) is 6.69. The maximum atomic E-state index is 12.4. The first-order chi connectivity index (χ1) is 5.57. The largest absolute Gasteiger partial charge is 0.393 e. The third kappa shape index (κ3) is 1.32. The third-order valence-electron chi connectivity index (χ3n) is 3.01. The van der Waals surface area contributed by atoms with Crippen LogP contribution in [0, 0.1) is 5.92 Å². The molecular weight excluding hydrogens is 167 g/mol. The number of halogens is 3. The minimum absolute atomic E-state index is 0.288. The van der Waals surface area contributed by atoms with Crippen LogP contribution < -0.4 is 5.32 Å². The second kappa shape index (κ2) is 2.62. The molecule has 2 bridgehead atoms. The lowest BCUT2D eigenvalue weighted by Gasteiger charge is -2.31.